The molecule has 0 amide bonds. The molecule has 0 fully saturated rings. The summed E-state index contributed by atoms with van der Waals surface area (Å²) < 4.78 is 19.2. The number of hydrogen-bond donors (Lipinski definition) is 1. The molecule has 0 aliphatic carbocycles. The van der Waals surface area contributed by atoms with Crippen molar-refractivity contribution >= 4 is 0 Å². The minimum absolute atomic E-state index is 0.289. The molecule has 0 bridgehead atoms. The molecule has 17 heavy (non-hydrogen) atoms. The molecule has 1 unspecified atom stereocenters. The van der Waals surface area contributed by atoms with Crippen LogP contribution in [0, 0.1) is 12.7 Å². The van der Waals surface area contributed by atoms with Gasteiger partial charge in [-0.25, -0.2) is 4.39 Å². The maximum absolute atomic E-state index is 13.7. The molecule has 90 valence electrons. The monoisotopic (exact) mass is 234 g/mol. The third-order valence-corrected chi connectivity index (χ3v) is 2.63. The van der Waals surface area contributed by atoms with E-state index in [9.17, 15) is 9.50 Å². The molecule has 1 N–H and O–H groups in total. The number of hydrogen-bond acceptors (Lipinski definition) is 2. The van der Waals surface area contributed by atoms with E-state index < -0.39 is 6.10 Å². The highest BCUT2D eigenvalue weighted by molar-refractivity contribution is 5.62. The van der Waals surface area contributed by atoms with E-state index in [1.807, 2.05) is 13.0 Å². The summed E-state index contributed by atoms with van der Waals surface area (Å²) in [4.78, 5) is 0. The Balaban J connectivity index is 2.37. The first-order chi connectivity index (χ1) is 8.08. The molecule has 0 saturated heterocycles. The van der Waals surface area contributed by atoms with Gasteiger partial charge in [0.15, 0.2) is 0 Å². The molecule has 0 spiro atoms. The summed E-state index contributed by atoms with van der Waals surface area (Å²) in [6, 6.07) is 8.44. The lowest BCUT2D eigenvalue weighted by molar-refractivity contribution is 0.187. The van der Waals surface area contributed by atoms with E-state index in [1.54, 1.807) is 25.1 Å². The average molecular weight is 234 g/mol. The summed E-state index contributed by atoms with van der Waals surface area (Å²) >= 11 is 0. The fourth-order valence-electron chi connectivity index (χ4n) is 1.86. The number of furan rings is 1. The smallest absolute Gasteiger partial charge is 0.137 e. The van der Waals surface area contributed by atoms with E-state index in [-0.39, 0.29) is 5.82 Å². The second kappa shape index (κ2) is 4.72. The van der Waals surface area contributed by atoms with E-state index in [0.717, 1.165) is 5.56 Å². The lowest BCUT2D eigenvalue weighted by atomic mass is 10.1. The molecule has 3 heteroatoms. The van der Waals surface area contributed by atoms with Crippen molar-refractivity contribution in [3.8, 4) is 11.3 Å². The van der Waals surface area contributed by atoms with Crippen molar-refractivity contribution < 1.29 is 13.9 Å². The van der Waals surface area contributed by atoms with Gasteiger partial charge in [0.05, 0.1) is 11.7 Å². The van der Waals surface area contributed by atoms with E-state index in [1.165, 1.54) is 6.07 Å². The standard InChI is InChI=1S/C14H15FO2/c1-9-4-3-5-12(15)14(9)13-7-6-11(17-13)8-10(2)16/h3-7,10,16H,8H2,1-2H3. The van der Waals surface area contributed by atoms with Crippen molar-refractivity contribution in [1.29, 1.82) is 0 Å². The Labute approximate surface area is 99.7 Å². The molecule has 1 aromatic heterocycles. The molecule has 1 atom stereocenters. The molecular formula is C14H15FO2. The zero-order valence-electron chi connectivity index (χ0n) is 9.90. The highest BCUT2D eigenvalue weighted by atomic mass is 19.1. The number of aryl methyl sites for hydroxylation is 1. The van der Waals surface area contributed by atoms with Gasteiger partial charge in [0.2, 0.25) is 0 Å². The van der Waals surface area contributed by atoms with Gasteiger partial charge in [-0.2, -0.15) is 0 Å². The van der Waals surface area contributed by atoms with Gasteiger partial charge in [-0.1, -0.05) is 12.1 Å². The van der Waals surface area contributed by atoms with Crippen molar-refractivity contribution in [2.75, 3.05) is 0 Å². The minimum Gasteiger partial charge on any atom is -0.461 e. The zero-order valence-corrected chi connectivity index (χ0v) is 9.90. The summed E-state index contributed by atoms with van der Waals surface area (Å²) in [7, 11) is 0. The summed E-state index contributed by atoms with van der Waals surface area (Å²) in [5, 5.41) is 9.26. The zero-order chi connectivity index (χ0) is 12.4. The summed E-state index contributed by atoms with van der Waals surface area (Å²) in [5.74, 6) is 0.886. The second-order valence-corrected chi connectivity index (χ2v) is 4.25. The maximum atomic E-state index is 13.7. The van der Waals surface area contributed by atoms with Gasteiger partial charge in [-0.15, -0.1) is 0 Å². The van der Waals surface area contributed by atoms with Crippen LogP contribution in [0.4, 0.5) is 4.39 Å². The first-order valence-electron chi connectivity index (χ1n) is 5.60. The average Bonchev–Trinajstić information content (AvgIpc) is 2.65. The van der Waals surface area contributed by atoms with Gasteiger partial charge in [-0.3, -0.25) is 0 Å². The lowest BCUT2D eigenvalue weighted by Gasteiger charge is -2.04. The van der Waals surface area contributed by atoms with E-state index >= 15 is 0 Å². The van der Waals surface area contributed by atoms with Crippen LogP contribution in [-0.4, -0.2) is 11.2 Å². The van der Waals surface area contributed by atoms with Crippen LogP contribution in [0.25, 0.3) is 11.3 Å². The predicted octanol–water partition coefficient (Wildman–Crippen LogP) is 3.32. The molecule has 0 saturated carbocycles. The minimum atomic E-state index is -0.462. The SMILES string of the molecule is Cc1cccc(F)c1-c1ccc(CC(C)O)o1. The second-order valence-electron chi connectivity index (χ2n) is 4.25. The third kappa shape index (κ3) is 2.56. The van der Waals surface area contributed by atoms with Crippen LogP contribution < -0.4 is 0 Å². The van der Waals surface area contributed by atoms with Gasteiger partial charge in [0.1, 0.15) is 17.3 Å². The van der Waals surface area contributed by atoms with Crippen molar-refractivity contribution in [2.24, 2.45) is 0 Å². The normalized spacial score (nSPS) is 12.7. The molecule has 2 aromatic rings. The summed E-state index contributed by atoms with van der Waals surface area (Å²) in [6.07, 6.45) is -0.0243. The highest BCUT2D eigenvalue weighted by Crippen LogP contribution is 2.28. The van der Waals surface area contributed by atoms with Gasteiger partial charge >= 0.3 is 0 Å². The van der Waals surface area contributed by atoms with Gasteiger partial charge in [0.25, 0.3) is 0 Å². The Hall–Kier alpha value is -1.61. The molecular weight excluding hydrogens is 219 g/mol. The number of halogens is 1. The Morgan fingerprint density at radius 2 is 2.06 bits per heavy atom. The lowest BCUT2D eigenvalue weighted by Crippen LogP contribution is -2.02. The quantitative estimate of drug-likeness (QED) is 0.883. The first-order valence-corrected chi connectivity index (χ1v) is 5.60. The van der Waals surface area contributed by atoms with Crippen LogP contribution in [0.3, 0.4) is 0 Å². The van der Waals surface area contributed by atoms with Crippen LogP contribution in [-0.2, 0) is 6.42 Å². The molecule has 2 nitrogen and oxygen atoms in total. The Kier molecular flexibility index (Phi) is 3.29. The largest absolute Gasteiger partial charge is 0.461 e. The van der Waals surface area contributed by atoms with Crippen LogP contribution in [0.2, 0.25) is 0 Å². The Morgan fingerprint density at radius 3 is 2.71 bits per heavy atom. The van der Waals surface area contributed by atoms with E-state index in [4.69, 9.17) is 4.42 Å². The van der Waals surface area contributed by atoms with Gasteiger partial charge < -0.3 is 9.52 Å². The van der Waals surface area contributed by atoms with E-state index in [0.29, 0.717) is 23.5 Å². The first kappa shape index (κ1) is 11.9. The summed E-state index contributed by atoms with van der Waals surface area (Å²) in [6.45, 7) is 3.53. The fraction of sp³-hybridized carbons (Fsp3) is 0.286. The van der Waals surface area contributed by atoms with Crippen molar-refractivity contribution in [1.82, 2.24) is 0 Å². The van der Waals surface area contributed by atoms with E-state index in [2.05, 4.69) is 0 Å². The predicted molar refractivity (Wildman–Crippen MR) is 64.2 cm³/mol. The molecule has 0 aliphatic heterocycles. The Morgan fingerprint density at radius 1 is 1.29 bits per heavy atom. The summed E-state index contributed by atoms with van der Waals surface area (Å²) in [5.41, 5.74) is 1.33. The van der Waals surface area contributed by atoms with Crippen molar-refractivity contribution in [2.45, 2.75) is 26.4 Å². The molecule has 0 radical (unpaired) electrons. The van der Waals surface area contributed by atoms with Gasteiger partial charge in [0, 0.05) is 6.42 Å². The number of aliphatic hydroxyl groups excluding tert-OH is 1. The molecule has 0 aliphatic rings. The van der Waals surface area contributed by atoms with Gasteiger partial charge in [-0.05, 0) is 37.6 Å². The van der Waals surface area contributed by atoms with Crippen LogP contribution in [0.15, 0.2) is 34.7 Å². The number of benzene rings is 1. The maximum Gasteiger partial charge on any atom is 0.137 e. The topological polar surface area (TPSA) is 33.4 Å². The van der Waals surface area contributed by atoms with Crippen molar-refractivity contribution in [3.05, 3.63) is 47.5 Å². The number of aliphatic hydroxyl groups is 1. The third-order valence-electron chi connectivity index (χ3n) is 2.63. The van der Waals surface area contributed by atoms with Crippen molar-refractivity contribution in [3.63, 3.8) is 0 Å². The van der Waals surface area contributed by atoms with Crippen LogP contribution in [0.1, 0.15) is 18.2 Å². The number of rotatable bonds is 3. The fourth-order valence-corrected chi connectivity index (χ4v) is 1.86. The molecule has 2 rings (SSSR count). The molecule has 1 heterocycles. The van der Waals surface area contributed by atoms with Crippen LogP contribution in [0.5, 0.6) is 0 Å². The molecule has 1 aromatic carbocycles. The van der Waals surface area contributed by atoms with Crippen LogP contribution >= 0.6 is 0 Å². The Bertz CT molecular complexity index is 494. The highest BCUT2D eigenvalue weighted by Gasteiger charge is 2.12.